The summed E-state index contributed by atoms with van der Waals surface area (Å²) in [6, 6.07) is 0. The van der Waals surface area contributed by atoms with E-state index in [0.29, 0.717) is 12.5 Å². The third-order valence-corrected chi connectivity index (χ3v) is 1.90. The lowest BCUT2D eigenvalue weighted by molar-refractivity contribution is 0.240. The normalized spacial score (nSPS) is 16.9. The first-order valence-electron chi connectivity index (χ1n) is 5.50. The Kier molecular flexibility index (Phi) is 10.8. The van der Waals surface area contributed by atoms with Gasteiger partial charge in [-0.15, -0.1) is 0 Å². The van der Waals surface area contributed by atoms with Crippen molar-refractivity contribution in [2.45, 2.75) is 26.2 Å². The van der Waals surface area contributed by atoms with Crippen molar-refractivity contribution in [1.29, 1.82) is 0 Å². The van der Waals surface area contributed by atoms with Crippen molar-refractivity contribution in [2.75, 3.05) is 32.1 Å². The van der Waals surface area contributed by atoms with Gasteiger partial charge >= 0.3 is 0 Å². The summed E-state index contributed by atoms with van der Waals surface area (Å²) in [5, 5.41) is 0. The number of hydrogen-bond donors (Lipinski definition) is 2. The monoisotopic (exact) mass is 305 g/mol. The van der Waals surface area contributed by atoms with Crippen LogP contribution in [0.5, 0.6) is 0 Å². The minimum absolute atomic E-state index is 0.715. The molecule has 112 valence electrons. The zero-order chi connectivity index (χ0) is 14.8. The van der Waals surface area contributed by atoms with Crippen LogP contribution in [0.4, 0.5) is 0 Å². The van der Waals surface area contributed by atoms with Crippen LogP contribution in [0.15, 0.2) is 0 Å². The number of hydrogen-bond acceptors (Lipinski definition) is 5. The molecule has 1 aliphatic heterocycles. The van der Waals surface area contributed by atoms with E-state index in [1.54, 1.807) is 0 Å². The second kappa shape index (κ2) is 9.68. The quantitative estimate of drug-likeness (QED) is 0.678. The van der Waals surface area contributed by atoms with Crippen LogP contribution in [0.1, 0.15) is 26.2 Å². The molecule has 1 aliphatic rings. The third-order valence-electron chi connectivity index (χ3n) is 1.90. The number of rotatable bonds is 1. The van der Waals surface area contributed by atoms with E-state index in [0.717, 1.165) is 0 Å². The van der Waals surface area contributed by atoms with Crippen molar-refractivity contribution in [3.05, 3.63) is 0 Å². The van der Waals surface area contributed by atoms with Crippen molar-refractivity contribution in [3.63, 3.8) is 0 Å². The lowest BCUT2D eigenvalue weighted by Crippen LogP contribution is -2.29. The Labute approximate surface area is 110 Å². The van der Waals surface area contributed by atoms with Crippen molar-refractivity contribution in [2.24, 2.45) is 0 Å². The predicted molar refractivity (Wildman–Crippen MR) is 70.9 cm³/mol. The standard InChI is InChI=1S/C7H15N.2CH4O3S/c1-2-8-6-4-3-5-7-8;2*1-5(2,3)4/h2-7H2,1H3;2*1H3,(H,2,3,4). The van der Waals surface area contributed by atoms with Crippen LogP contribution in [0, 0.1) is 0 Å². The molecule has 1 heterocycles. The highest BCUT2D eigenvalue weighted by atomic mass is 32.2. The molecule has 0 radical (unpaired) electrons. The summed E-state index contributed by atoms with van der Waals surface area (Å²) in [7, 11) is -7.33. The van der Waals surface area contributed by atoms with Gasteiger partial charge in [0, 0.05) is 0 Å². The average molecular weight is 305 g/mol. The summed E-state index contributed by atoms with van der Waals surface area (Å²) >= 11 is 0. The topological polar surface area (TPSA) is 112 Å². The zero-order valence-electron chi connectivity index (χ0n) is 11.0. The van der Waals surface area contributed by atoms with E-state index in [4.69, 9.17) is 9.11 Å². The van der Waals surface area contributed by atoms with Gasteiger partial charge in [-0.2, -0.15) is 16.8 Å². The second-order valence-corrected chi connectivity index (χ2v) is 6.89. The van der Waals surface area contributed by atoms with Crippen LogP contribution in [0.3, 0.4) is 0 Å². The van der Waals surface area contributed by atoms with Gasteiger partial charge in [0.2, 0.25) is 0 Å². The summed E-state index contributed by atoms with van der Waals surface area (Å²) in [6.45, 7) is 6.18. The van der Waals surface area contributed by atoms with Gasteiger partial charge in [-0.1, -0.05) is 13.3 Å². The molecule has 2 N–H and O–H groups in total. The Balaban J connectivity index is 0. The van der Waals surface area contributed by atoms with Crippen LogP contribution >= 0.6 is 0 Å². The Morgan fingerprint density at radius 3 is 1.33 bits per heavy atom. The molecule has 7 nitrogen and oxygen atoms in total. The summed E-state index contributed by atoms with van der Waals surface area (Å²) in [5.74, 6) is 0. The fourth-order valence-corrected chi connectivity index (χ4v) is 1.28. The van der Waals surface area contributed by atoms with Crippen molar-refractivity contribution in [3.8, 4) is 0 Å². The van der Waals surface area contributed by atoms with Gasteiger partial charge in [-0.05, 0) is 32.5 Å². The van der Waals surface area contributed by atoms with Crippen molar-refractivity contribution >= 4 is 20.2 Å². The van der Waals surface area contributed by atoms with E-state index >= 15 is 0 Å². The molecule has 1 rings (SSSR count). The van der Waals surface area contributed by atoms with Crippen LogP contribution in [-0.2, 0) is 20.2 Å². The molecule has 0 bridgehead atoms. The largest absolute Gasteiger partial charge is 0.304 e. The average Bonchev–Trinajstić information content (AvgIpc) is 2.14. The first-order valence-corrected chi connectivity index (χ1v) is 9.20. The van der Waals surface area contributed by atoms with Crippen LogP contribution < -0.4 is 0 Å². The summed E-state index contributed by atoms with van der Waals surface area (Å²) < 4.78 is 51.7. The number of likely N-dealkylation sites (tertiary alicyclic amines) is 1. The zero-order valence-corrected chi connectivity index (χ0v) is 12.7. The molecule has 9 heteroatoms. The molecule has 0 aromatic heterocycles. The van der Waals surface area contributed by atoms with Crippen LogP contribution in [-0.4, -0.2) is 63.0 Å². The lowest BCUT2D eigenvalue weighted by Gasteiger charge is -2.24. The molecule has 0 saturated carbocycles. The van der Waals surface area contributed by atoms with Gasteiger partial charge in [-0.3, -0.25) is 9.11 Å². The highest BCUT2D eigenvalue weighted by Crippen LogP contribution is 2.06. The van der Waals surface area contributed by atoms with E-state index in [-0.39, 0.29) is 0 Å². The molecule has 0 aromatic rings. The molecule has 0 amide bonds. The number of nitrogens with zero attached hydrogens (tertiary/aromatic N) is 1. The number of piperidine rings is 1. The van der Waals surface area contributed by atoms with E-state index in [2.05, 4.69) is 11.8 Å². The van der Waals surface area contributed by atoms with E-state index in [9.17, 15) is 16.8 Å². The first-order chi connectivity index (χ1) is 7.93. The summed E-state index contributed by atoms with van der Waals surface area (Å²) in [5.41, 5.74) is 0. The molecule has 0 atom stereocenters. The van der Waals surface area contributed by atoms with Gasteiger partial charge < -0.3 is 4.90 Å². The fourth-order valence-electron chi connectivity index (χ4n) is 1.28. The highest BCUT2D eigenvalue weighted by Gasteiger charge is 2.05. The minimum atomic E-state index is -3.67. The van der Waals surface area contributed by atoms with Gasteiger partial charge in [0.05, 0.1) is 12.5 Å². The molecular formula is C9H23NO6S2. The SMILES string of the molecule is CCN1CCCCC1.CS(=O)(=O)O.CS(=O)(=O)O. The van der Waals surface area contributed by atoms with Crippen LogP contribution in [0.2, 0.25) is 0 Å². The predicted octanol–water partition coefficient (Wildman–Crippen LogP) is 0.500. The van der Waals surface area contributed by atoms with E-state index in [1.807, 2.05) is 0 Å². The Morgan fingerprint density at radius 1 is 0.889 bits per heavy atom. The molecule has 18 heavy (non-hydrogen) atoms. The lowest BCUT2D eigenvalue weighted by atomic mass is 10.1. The maximum atomic E-state index is 9.19. The fraction of sp³-hybridized carbons (Fsp3) is 1.00. The minimum Gasteiger partial charge on any atom is -0.304 e. The Hall–Kier alpha value is -0.220. The second-order valence-electron chi connectivity index (χ2n) is 3.96. The van der Waals surface area contributed by atoms with Crippen molar-refractivity contribution < 1.29 is 25.9 Å². The van der Waals surface area contributed by atoms with E-state index in [1.165, 1.54) is 38.9 Å². The van der Waals surface area contributed by atoms with E-state index < -0.39 is 20.2 Å². The Bertz CT molecular complexity index is 337. The third kappa shape index (κ3) is 36.0. The molecule has 0 aliphatic carbocycles. The molecule has 1 saturated heterocycles. The highest BCUT2D eigenvalue weighted by molar-refractivity contribution is 7.85. The van der Waals surface area contributed by atoms with Gasteiger partial charge in [0.25, 0.3) is 20.2 Å². The van der Waals surface area contributed by atoms with Gasteiger partial charge in [0.1, 0.15) is 0 Å². The van der Waals surface area contributed by atoms with Crippen molar-refractivity contribution in [1.82, 2.24) is 4.90 Å². The molecule has 0 unspecified atom stereocenters. The van der Waals surface area contributed by atoms with Gasteiger partial charge in [0.15, 0.2) is 0 Å². The first kappa shape index (κ1) is 20.1. The summed E-state index contributed by atoms with van der Waals surface area (Å²) in [6.07, 6.45) is 5.73. The molecule has 0 spiro atoms. The molecule has 1 fully saturated rings. The van der Waals surface area contributed by atoms with Crippen LogP contribution in [0.25, 0.3) is 0 Å². The smallest absolute Gasteiger partial charge is 0.261 e. The maximum Gasteiger partial charge on any atom is 0.261 e. The molecule has 0 aromatic carbocycles. The molecular weight excluding hydrogens is 282 g/mol. The van der Waals surface area contributed by atoms with Gasteiger partial charge in [-0.25, -0.2) is 0 Å². The summed E-state index contributed by atoms with van der Waals surface area (Å²) in [4.78, 5) is 2.52. The maximum absolute atomic E-state index is 9.19. The Morgan fingerprint density at radius 2 is 1.17 bits per heavy atom.